The molecule has 1 fully saturated rings. The van der Waals surface area contributed by atoms with Gasteiger partial charge in [-0.3, -0.25) is 4.98 Å². The van der Waals surface area contributed by atoms with Crippen molar-refractivity contribution in [2.75, 3.05) is 11.7 Å². The van der Waals surface area contributed by atoms with Crippen LogP contribution in [0.5, 0.6) is 11.5 Å². The zero-order valence-corrected chi connectivity index (χ0v) is 18.2. The molecule has 164 valence electrons. The molecule has 2 aliphatic heterocycles. The molecule has 8 heteroatoms. The number of nitrogens with zero attached hydrogens (tertiary/aromatic N) is 3. The lowest BCUT2D eigenvalue weighted by molar-refractivity contribution is 0.174. The molecule has 4 heterocycles. The van der Waals surface area contributed by atoms with Crippen molar-refractivity contribution < 1.29 is 13.9 Å². The summed E-state index contributed by atoms with van der Waals surface area (Å²) in [4.78, 5) is 6.62. The SMILES string of the molecule is Fc1ccccc1-n1cccc1[C@H]1[C@@H](c2ccccn2)NC(=S)N1c1ccc2c(c1)OCO2. The van der Waals surface area contributed by atoms with Crippen LogP contribution in [0.3, 0.4) is 0 Å². The monoisotopic (exact) mass is 458 g/mol. The van der Waals surface area contributed by atoms with Gasteiger partial charge in [0.15, 0.2) is 16.6 Å². The summed E-state index contributed by atoms with van der Waals surface area (Å²) in [5, 5.41) is 3.99. The standard InChI is InChI=1S/C25H19FN4O2S/c26-17-6-1-2-8-19(17)29-13-5-9-20(29)24-23(18-7-3-4-12-27-18)28-25(33)30(24)16-10-11-21-22(14-16)32-15-31-21/h1-14,23-24H,15H2,(H,28,33)/t23-,24+/m1/s1. The molecule has 0 radical (unpaired) electrons. The Labute approximate surface area is 195 Å². The Kier molecular flexibility index (Phi) is 4.73. The lowest BCUT2D eigenvalue weighted by atomic mass is 10.0. The van der Waals surface area contributed by atoms with Gasteiger partial charge in [-0.15, -0.1) is 0 Å². The number of benzene rings is 2. The van der Waals surface area contributed by atoms with Gasteiger partial charge in [0.05, 0.1) is 17.4 Å². The van der Waals surface area contributed by atoms with Crippen molar-refractivity contribution >= 4 is 23.0 Å². The summed E-state index contributed by atoms with van der Waals surface area (Å²) in [6, 6.07) is 21.6. The highest BCUT2D eigenvalue weighted by atomic mass is 32.1. The maximum atomic E-state index is 14.8. The minimum Gasteiger partial charge on any atom is -0.454 e. The molecular weight excluding hydrogens is 439 g/mol. The molecule has 0 unspecified atom stereocenters. The van der Waals surface area contributed by atoms with Crippen molar-refractivity contribution in [3.8, 4) is 17.2 Å². The molecule has 0 amide bonds. The van der Waals surface area contributed by atoms with E-state index in [1.165, 1.54) is 6.07 Å². The fraction of sp³-hybridized carbons (Fsp3) is 0.120. The third-order valence-electron chi connectivity index (χ3n) is 5.93. The van der Waals surface area contributed by atoms with Crippen molar-refractivity contribution in [1.29, 1.82) is 0 Å². The molecule has 6 rings (SSSR count). The second-order valence-corrected chi connectivity index (χ2v) is 8.18. The second kappa shape index (κ2) is 7.90. The molecule has 6 nitrogen and oxygen atoms in total. The van der Waals surface area contributed by atoms with Crippen LogP contribution in [0.25, 0.3) is 5.69 Å². The Hall–Kier alpha value is -3.91. The molecule has 2 aromatic carbocycles. The number of ether oxygens (including phenoxy) is 2. The zero-order valence-electron chi connectivity index (χ0n) is 17.4. The third-order valence-corrected chi connectivity index (χ3v) is 6.24. The van der Waals surface area contributed by atoms with Crippen molar-refractivity contribution in [2.24, 2.45) is 0 Å². The van der Waals surface area contributed by atoms with Crippen molar-refractivity contribution in [2.45, 2.75) is 12.1 Å². The van der Waals surface area contributed by atoms with Gasteiger partial charge in [0.25, 0.3) is 0 Å². The Morgan fingerprint density at radius 2 is 1.82 bits per heavy atom. The Morgan fingerprint density at radius 3 is 2.67 bits per heavy atom. The van der Waals surface area contributed by atoms with E-state index in [1.54, 1.807) is 18.3 Å². The minimum absolute atomic E-state index is 0.192. The highest BCUT2D eigenvalue weighted by Crippen LogP contribution is 2.45. The van der Waals surface area contributed by atoms with Crippen LogP contribution in [0.4, 0.5) is 10.1 Å². The zero-order chi connectivity index (χ0) is 22.4. The van der Waals surface area contributed by atoms with Crippen LogP contribution >= 0.6 is 12.2 Å². The van der Waals surface area contributed by atoms with Gasteiger partial charge in [-0.25, -0.2) is 4.39 Å². The smallest absolute Gasteiger partial charge is 0.231 e. The maximum Gasteiger partial charge on any atom is 0.231 e. The number of rotatable bonds is 4. The fourth-order valence-corrected chi connectivity index (χ4v) is 4.82. The fourth-order valence-electron chi connectivity index (χ4n) is 4.47. The molecule has 0 saturated carbocycles. The first-order valence-corrected chi connectivity index (χ1v) is 10.9. The highest BCUT2D eigenvalue weighted by Gasteiger charge is 2.42. The Balaban J connectivity index is 1.52. The number of aromatic nitrogens is 2. The lowest BCUT2D eigenvalue weighted by Gasteiger charge is -2.29. The molecule has 0 spiro atoms. The number of fused-ring (bicyclic) bond motifs is 1. The summed E-state index contributed by atoms with van der Waals surface area (Å²) in [5.74, 6) is 1.07. The predicted molar refractivity (Wildman–Crippen MR) is 126 cm³/mol. The first-order chi connectivity index (χ1) is 16.2. The van der Waals surface area contributed by atoms with Gasteiger partial charge >= 0.3 is 0 Å². The number of nitrogens with one attached hydrogen (secondary N) is 1. The number of hydrogen-bond acceptors (Lipinski definition) is 4. The van der Waals surface area contributed by atoms with Crippen LogP contribution in [-0.4, -0.2) is 21.5 Å². The topological polar surface area (TPSA) is 51.6 Å². The average Bonchev–Trinajstić information content (AvgIpc) is 3.57. The van der Waals surface area contributed by atoms with Crippen LogP contribution in [-0.2, 0) is 0 Å². The van der Waals surface area contributed by atoms with Gasteiger partial charge in [0.2, 0.25) is 6.79 Å². The van der Waals surface area contributed by atoms with Crippen LogP contribution in [0.2, 0.25) is 0 Å². The number of anilines is 1. The van der Waals surface area contributed by atoms with Crippen LogP contribution < -0.4 is 19.7 Å². The molecule has 2 aliphatic rings. The lowest BCUT2D eigenvalue weighted by Crippen LogP contribution is -2.30. The van der Waals surface area contributed by atoms with Gasteiger partial charge in [-0.2, -0.15) is 0 Å². The molecular formula is C25H19FN4O2S. The predicted octanol–water partition coefficient (Wildman–Crippen LogP) is 4.92. The van der Waals surface area contributed by atoms with Gasteiger partial charge in [0.1, 0.15) is 11.9 Å². The van der Waals surface area contributed by atoms with Gasteiger partial charge in [-0.1, -0.05) is 18.2 Å². The first-order valence-electron chi connectivity index (χ1n) is 10.5. The number of halogens is 1. The molecule has 0 bridgehead atoms. The molecule has 2 aromatic heterocycles. The third kappa shape index (κ3) is 3.30. The first kappa shape index (κ1) is 19.8. The summed E-state index contributed by atoms with van der Waals surface area (Å²) >= 11 is 5.80. The average molecular weight is 459 g/mol. The maximum absolute atomic E-state index is 14.8. The minimum atomic E-state index is -0.299. The summed E-state index contributed by atoms with van der Waals surface area (Å²) in [5.41, 5.74) is 3.04. The quantitative estimate of drug-likeness (QED) is 0.438. The summed E-state index contributed by atoms with van der Waals surface area (Å²) < 4.78 is 27.7. The van der Waals surface area contributed by atoms with Gasteiger partial charge in [0, 0.05) is 29.8 Å². The second-order valence-electron chi connectivity index (χ2n) is 7.79. The number of hydrogen-bond donors (Lipinski definition) is 1. The van der Waals surface area contributed by atoms with E-state index >= 15 is 0 Å². The van der Waals surface area contributed by atoms with E-state index in [9.17, 15) is 4.39 Å². The summed E-state index contributed by atoms with van der Waals surface area (Å²) in [7, 11) is 0. The summed E-state index contributed by atoms with van der Waals surface area (Å²) in [6.45, 7) is 0.192. The van der Waals surface area contributed by atoms with Crippen LogP contribution in [0.1, 0.15) is 23.5 Å². The van der Waals surface area contributed by atoms with Gasteiger partial charge < -0.3 is 24.3 Å². The highest BCUT2D eigenvalue weighted by molar-refractivity contribution is 7.80. The molecule has 2 atom stereocenters. The van der Waals surface area contributed by atoms with E-state index in [1.807, 2.05) is 70.3 Å². The Morgan fingerprint density at radius 1 is 0.970 bits per heavy atom. The van der Waals surface area contributed by atoms with E-state index in [2.05, 4.69) is 10.3 Å². The van der Waals surface area contributed by atoms with E-state index in [0.717, 1.165) is 17.1 Å². The van der Waals surface area contributed by atoms with Crippen LogP contribution in [0, 0.1) is 5.82 Å². The number of thiocarbonyl (C=S) groups is 1. The van der Waals surface area contributed by atoms with Crippen LogP contribution in [0.15, 0.2) is 85.2 Å². The largest absolute Gasteiger partial charge is 0.454 e. The van der Waals surface area contributed by atoms with E-state index in [4.69, 9.17) is 21.7 Å². The Bertz CT molecular complexity index is 1340. The number of pyridine rings is 1. The normalized spacial score (nSPS) is 19.1. The molecule has 0 aliphatic carbocycles. The van der Waals surface area contributed by atoms with E-state index in [-0.39, 0.29) is 24.7 Å². The van der Waals surface area contributed by atoms with E-state index in [0.29, 0.717) is 22.3 Å². The molecule has 1 saturated heterocycles. The van der Waals surface area contributed by atoms with Crippen molar-refractivity contribution in [3.05, 3.63) is 102 Å². The van der Waals surface area contributed by atoms with Gasteiger partial charge in [-0.05, 0) is 60.7 Å². The molecule has 1 N–H and O–H groups in total. The van der Waals surface area contributed by atoms with Crippen molar-refractivity contribution in [1.82, 2.24) is 14.9 Å². The number of para-hydroxylation sites is 1. The molecule has 33 heavy (non-hydrogen) atoms. The van der Waals surface area contributed by atoms with E-state index < -0.39 is 0 Å². The summed E-state index contributed by atoms with van der Waals surface area (Å²) in [6.07, 6.45) is 3.62. The molecule has 4 aromatic rings. The van der Waals surface area contributed by atoms with Crippen molar-refractivity contribution in [3.63, 3.8) is 0 Å².